The largest absolute Gasteiger partial charge is 0.392 e. The van der Waals surface area contributed by atoms with Gasteiger partial charge in [0, 0.05) is 43.9 Å². The number of carbonyl (C=O) groups excluding carboxylic acids is 1. The van der Waals surface area contributed by atoms with E-state index in [0.717, 1.165) is 36.3 Å². The second-order valence-corrected chi connectivity index (χ2v) is 10.6. The van der Waals surface area contributed by atoms with Crippen LogP contribution in [0.3, 0.4) is 0 Å². The number of nitrogens with one attached hydrogen (secondary N) is 2. The lowest BCUT2D eigenvalue weighted by Crippen LogP contribution is -2.39. The summed E-state index contributed by atoms with van der Waals surface area (Å²) in [5.74, 6) is 0. The summed E-state index contributed by atoms with van der Waals surface area (Å²) < 4.78 is 13.2. The van der Waals surface area contributed by atoms with E-state index in [-0.39, 0.29) is 24.8 Å². The molecule has 5 rings (SSSR count). The number of benzene rings is 4. The van der Waals surface area contributed by atoms with Crippen LogP contribution < -0.4 is 10.6 Å². The average Bonchev–Trinajstić information content (AvgIpc) is 3.02. The molecule has 1 aliphatic rings. The van der Waals surface area contributed by atoms with E-state index in [1.807, 2.05) is 67.6 Å². The number of hydrogen-bond acceptors (Lipinski definition) is 5. The highest BCUT2D eigenvalue weighted by molar-refractivity contribution is 5.89. The lowest BCUT2D eigenvalue weighted by Gasteiger charge is -2.38. The second-order valence-electron chi connectivity index (χ2n) is 10.6. The van der Waals surface area contributed by atoms with Crippen LogP contribution in [-0.4, -0.2) is 35.2 Å². The molecule has 4 aromatic carbocycles. The zero-order valence-electron chi connectivity index (χ0n) is 24.0. The molecule has 7 heteroatoms. The van der Waals surface area contributed by atoms with Crippen molar-refractivity contribution in [2.45, 2.75) is 51.5 Å². The Hall–Kier alpha value is -4.01. The Labute approximate surface area is 248 Å². The van der Waals surface area contributed by atoms with Crippen LogP contribution in [-0.2, 0) is 29.2 Å². The van der Waals surface area contributed by atoms with Gasteiger partial charge in [-0.15, -0.1) is 0 Å². The molecule has 0 radical (unpaired) electrons. The van der Waals surface area contributed by atoms with Crippen LogP contribution in [0, 0.1) is 0 Å². The molecule has 0 unspecified atom stereocenters. The Bertz CT molecular complexity index is 1340. The van der Waals surface area contributed by atoms with Gasteiger partial charge in [-0.05, 0) is 41.3 Å². The van der Waals surface area contributed by atoms with E-state index in [1.165, 1.54) is 11.1 Å². The number of ether oxygens (including phenoxy) is 2. The third-order valence-corrected chi connectivity index (χ3v) is 7.35. The first-order valence-electron chi connectivity index (χ1n) is 14.5. The Morgan fingerprint density at radius 1 is 0.786 bits per heavy atom. The zero-order valence-corrected chi connectivity index (χ0v) is 24.0. The SMILES string of the molecule is CCNC(=O)Nc1ccc([C@@H]2O[C@H](CN(Cc3ccccc3)Cc3ccccc3)C[C@H](c3ccc(CO)cc3)O2)cc1. The van der Waals surface area contributed by atoms with Crippen LogP contribution in [0.1, 0.15) is 53.6 Å². The summed E-state index contributed by atoms with van der Waals surface area (Å²) in [6.07, 6.45) is -0.136. The Kier molecular flexibility index (Phi) is 10.4. The fraction of sp³-hybridized carbons (Fsp3) is 0.286. The van der Waals surface area contributed by atoms with Crippen LogP contribution in [0.2, 0.25) is 0 Å². The third-order valence-electron chi connectivity index (χ3n) is 7.35. The Morgan fingerprint density at radius 2 is 1.38 bits per heavy atom. The van der Waals surface area contributed by atoms with E-state index in [9.17, 15) is 9.90 Å². The summed E-state index contributed by atoms with van der Waals surface area (Å²) in [7, 11) is 0. The molecule has 0 bridgehead atoms. The van der Waals surface area contributed by atoms with Crippen LogP contribution in [0.4, 0.5) is 10.5 Å². The Morgan fingerprint density at radius 3 is 1.95 bits per heavy atom. The van der Waals surface area contributed by atoms with Crippen molar-refractivity contribution in [2.75, 3.05) is 18.4 Å². The molecule has 3 N–H and O–H groups in total. The average molecular weight is 566 g/mol. The first-order valence-corrected chi connectivity index (χ1v) is 14.5. The molecule has 1 saturated heterocycles. The lowest BCUT2D eigenvalue weighted by molar-refractivity contribution is -0.253. The number of rotatable bonds is 11. The highest BCUT2D eigenvalue weighted by Gasteiger charge is 2.33. The van der Waals surface area contributed by atoms with Gasteiger partial charge in [-0.25, -0.2) is 4.79 Å². The number of aliphatic hydroxyl groups excluding tert-OH is 1. The molecule has 0 aromatic heterocycles. The van der Waals surface area contributed by atoms with Crippen molar-refractivity contribution in [3.8, 4) is 0 Å². The summed E-state index contributed by atoms with van der Waals surface area (Å²) in [5, 5.41) is 15.1. The van der Waals surface area contributed by atoms with Gasteiger partial charge in [0.15, 0.2) is 6.29 Å². The smallest absolute Gasteiger partial charge is 0.319 e. The maximum absolute atomic E-state index is 12.0. The van der Waals surface area contributed by atoms with Gasteiger partial charge in [0.2, 0.25) is 0 Å². The monoisotopic (exact) mass is 565 g/mol. The van der Waals surface area contributed by atoms with Gasteiger partial charge in [0.05, 0.1) is 18.8 Å². The molecule has 42 heavy (non-hydrogen) atoms. The molecule has 0 spiro atoms. The van der Waals surface area contributed by atoms with E-state index < -0.39 is 6.29 Å². The fourth-order valence-corrected chi connectivity index (χ4v) is 5.25. The predicted molar refractivity (Wildman–Crippen MR) is 165 cm³/mol. The molecule has 7 nitrogen and oxygen atoms in total. The molecule has 1 aliphatic heterocycles. The molecular formula is C35H39N3O4. The zero-order chi connectivity index (χ0) is 29.1. The maximum atomic E-state index is 12.0. The molecule has 2 amide bonds. The number of hydrogen-bond donors (Lipinski definition) is 3. The van der Waals surface area contributed by atoms with Crippen LogP contribution in [0.25, 0.3) is 0 Å². The van der Waals surface area contributed by atoms with Crippen molar-refractivity contribution in [2.24, 2.45) is 0 Å². The van der Waals surface area contributed by atoms with E-state index in [1.54, 1.807) is 0 Å². The molecule has 1 fully saturated rings. The van der Waals surface area contributed by atoms with E-state index >= 15 is 0 Å². The normalized spacial score (nSPS) is 18.5. The van der Waals surface area contributed by atoms with Gasteiger partial charge in [-0.1, -0.05) is 97.1 Å². The number of aliphatic hydroxyl groups is 1. The van der Waals surface area contributed by atoms with E-state index in [2.05, 4.69) is 64.1 Å². The van der Waals surface area contributed by atoms with Gasteiger partial charge in [0.25, 0.3) is 0 Å². The van der Waals surface area contributed by atoms with Gasteiger partial charge in [-0.2, -0.15) is 0 Å². The number of nitrogens with zero attached hydrogens (tertiary/aromatic N) is 1. The minimum atomic E-state index is -0.569. The second kappa shape index (κ2) is 14.8. The maximum Gasteiger partial charge on any atom is 0.319 e. The highest BCUT2D eigenvalue weighted by atomic mass is 16.7. The Balaban J connectivity index is 1.37. The predicted octanol–water partition coefficient (Wildman–Crippen LogP) is 6.57. The standard InChI is InChI=1S/C35H39N3O4/c1-2-36-35(40)37-31-19-17-30(18-20-31)34-41-32(21-33(42-34)29-15-13-28(25-39)14-16-29)24-38(22-26-9-5-3-6-10-26)23-27-11-7-4-8-12-27/h3-20,32-34,39H,2,21-25H2,1H3,(H2,36,37,40)/t32-,33+,34+/m0/s1. The van der Waals surface area contributed by atoms with Crippen LogP contribution in [0.5, 0.6) is 0 Å². The summed E-state index contributed by atoms with van der Waals surface area (Å²) in [5.41, 5.74) is 6.01. The lowest BCUT2D eigenvalue weighted by atomic mass is 9.99. The molecule has 3 atom stereocenters. The number of amides is 2. The molecule has 0 aliphatic carbocycles. The topological polar surface area (TPSA) is 83.1 Å². The molecule has 0 saturated carbocycles. The van der Waals surface area contributed by atoms with Gasteiger partial charge in [0.1, 0.15) is 0 Å². The number of urea groups is 1. The minimum Gasteiger partial charge on any atom is -0.392 e. The van der Waals surface area contributed by atoms with Crippen LogP contribution >= 0.6 is 0 Å². The molecule has 218 valence electrons. The first kappa shape index (κ1) is 29.5. The summed E-state index contributed by atoms with van der Waals surface area (Å²) in [4.78, 5) is 14.4. The molecular weight excluding hydrogens is 526 g/mol. The van der Waals surface area contributed by atoms with Crippen molar-refractivity contribution < 1.29 is 19.4 Å². The summed E-state index contributed by atoms with van der Waals surface area (Å²) in [6.45, 7) is 4.78. The van der Waals surface area contributed by atoms with Crippen molar-refractivity contribution in [3.05, 3.63) is 137 Å². The van der Waals surface area contributed by atoms with Crippen molar-refractivity contribution in [3.63, 3.8) is 0 Å². The fourth-order valence-electron chi connectivity index (χ4n) is 5.25. The van der Waals surface area contributed by atoms with Crippen molar-refractivity contribution in [1.29, 1.82) is 0 Å². The summed E-state index contributed by atoms with van der Waals surface area (Å²) >= 11 is 0. The quantitative estimate of drug-likeness (QED) is 0.192. The van der Waals surface area contributed by atoms with Crippen molar-refractivity contribution in [1.82, 2.24) is 10.2 Å². The highest BCUT2D eigenvalue weighted by Crippen LogP contribution is 2.38. The van der Waals surface area contributed by atoms with Crippen LogP contribution in [0.15, 0.2) is 109 Å². The van der Waals surface area contributed by atoms with Gasteiger partial charge < -0.3 is 25.2 Å². The van der Waals surface area contributed by atoms with Gasteiger partial charge in [-0.3, -0.25) is 4.90 Å². The van der Waals surface area contributed by atoms with E-state index in [0.29, 0.717) is 18.7 Å². The molecule has 1 heterocycles. The third kappa shape index (κ3) is 8.27. The first-order chi connectivity index (χ1) is 20.6. The van der Waals surface area contributed by atoms with Gasteiger partial charge >= 0.3 is 6.03 Å². The minimum absolute atomic E-state index is 0.00472. The van der Waals surface area contributed by atoms with Crippen molar-refractivity contribution >= 4 is 11.7 Å². The van der Waals surface area contributed by atoms with E-state index in [4.69, 9.17) is 9.47 Å². The summed E-state index contributed by atoms with van der Waals surface area (Å²) in [6, 6.07) is 36.3. The number of anilines is 1. The number of carbonyl (C=O) groups is 1. The molecule has 4 aromatic rings.